The van der Waals surface area contributed by atoms with E-state index < -0.39 is 18.4 Å². The molecule has 11 heteroatoms. The first kappa shape index (κ1) is 20.2. The summed E-state index contributed by atoms with van der Waals surface area (Å²) >= 11 is 7.82. The van der Waals surface area contributed by atoms with Gasteiger partial charge in [0.15, 0.2) is 10.8 Å². The van der Waals surface area contributed by atoms with E-state index in [1.807, 2.05) is 10.3 Å². The number of aromatic nitrogens is 3. The van der Waals surface area contributed by atoms with Gasteiger partial charge in [-0.25, -0.2) is 14.1 Å². The maximum atomic E-state index is 13.7. The van der Waals surface area contributed by atoms with E-state index in [1.54, 1.807) is 12.3 Å². The molecule has 0 bridgehead atoms. The largest absolute Gasteiger partial charge is 0.333 e. The highest BCUT2D eigenvalue weighted by molar-refractivity contribution is 7.11. The second-order valence-corrected chi connectivity index (χ2v) is 8.55. The van der Waals surface area contributed by atoms with E-state index >= 15 is 0 Å². The van der Waals surface area contributed by atoms with E-state index in [-0.39, 0.29) is 11.1 Å². The average molecular weight is 465 g/mol. The molecular formula is C20H16ClF3N6S. The minimum atomic E-state index is -2.77. The van der Waals surface area contributed by atoms with Gasteiger partial charge >= 0.3 is 6.55 Å². The zero-order valence-corrected chi connectivity index (χ0v) is 17.5. The Bertz CT molecular complexity index is 1190. The third-order valence-electron chi connectivity index (χ3n) is 5.25. The molecule has 1 fully saturated rings. The quantitative estimate of drug-likeness (QED) is 0.618. The first-order valence-corrected chi connectivity index (χ1v) is 10.7. The van der Waals surface area contributed by atoms with Crippen molar-refractivity contribution < 1.29 is 13.2 Å². The van der Waals surface area contributed by atoms with Gasteiger partial charge in [0.05, 0.1) is 5.69 Å². The third-order valence-corrected chi connectivity index (χ3v) is 6.35. The van der Waals surface area contributed by atoms with E-state index in [1.165, 1.54) is 35.7 Å². The van der Waals surface area contributed by atoms with E-state index in [9.17, 15) is 13.2 Å². The van der Waals surface area contributed by atoms with Crippen molar-refractivity contribution in [1.82, 2.24) is 19.7 Å². The molecule has 2 atom stereocenters. The summed E-state index contributed by atoms with van der Waals surface area (Å²) < 4.78 is 40.7. The summed E-state index contributed by atoms with van der Waals surface area (Å²) in [6.45, 7) is -2.26. The van der Waals surface area contributed by atoms with Crippen molar-refractivity contribution >= 4 is 34.3 Å². The monoisotopic (exact) mass is 464 g/mol. The molecule has 0 saturated carbocycles. The first-order valence-electron chi connectivity index (χ1n) is 9.45. The molecule has 31 heavy (non-hydrogen) atoms. The number of hydrogen-bond donors (Lipinski definition) is 1. The van der Waals surface area contributed by atoms with Crippen LogP contribution in [0.15, 0.2) is 52.7 Å². The Morgan fingerprint density at radius 3 is 2.77 bits per heavy atom. The van der Waals surface area contributed by atoms with Gasteiger partial charge < -0.3 is 10.6 Å². The Balaban J connectivity index is 1.73. The van der Waals surface area contributed by atoms with E-state index in [0.717, 1.165) is 5.70 Å². The summed E-state index contributed by atoms with van der Waals surface area (Å²) in [5.41, 5.74) is 8.62. The molecular weight excluding hydrogens is 449 g/mol. The average Bonchev–Trinajstić information content (AvgIpc) is 3.47. The predicted octanol–water partition coefficient (Wildman–Crippen LogP) is 4.47. The predicted molar refractivity (Wildman–Crippen MR) is 113 cm³/mol. The molecule has 160 valence electrons. The van der Waals surface area contributed by atoms with Gasteiger partial charge in [-0.05, 0) is 18.2 Å². The summed E-state index contributed by atoms with van der Waals surface area (Å²) in [6.07, 6.45) is 3.41. The van der Waals surface area contributed by atoms with E-state index in [2.05, 4.69) is 10.1 Å². The highest BCUT2D eigenvalue weighted by Gasteiger charge is 2.40. The van der Waals surface area contributed by atoms with Crippen LogP contribution in [-0.2, 0) is 0 Å². The molecule has 0 spiro atoms. The summed E-state index contributed by atoms with van der Waals surface area (Å²) in [5.74, 6) is 0.148. The van der Waals surface area contributed by atoms with Crippen molar-refractivity contribution in [3.05, 3.63) is 74.8 Å². The van der Waals surface area contributed by atoms with E-state index in [4.69, 9.17) is 22.3 Å². The van der Waals surface area contributed by atoms with E-state index in [0.29, 0.717) is 45.3 Å². The Morgan fingerprint density at radius 2 is 2.10 bits per heavy atom. The van der Waals surface area contributed by atoms with Crippen LogP contribution in [0.2, 0.25) is 5.02 Å². The maximum Gasteiger partial charge on any atom is 0.333 e. The van der Waals surface area contributed by atoms with Crippen LogP contribution in [0.25, 0.3) is 5.57 Å². The van der Waals surface area contributed by atoms with Crippen LogP contribution in [0.3, 0.4) is 0 Å². The molecule has 1 aromatic carbocycles. The normalized spacial score (nSPS) is 21.1. The topological polar surface area (TPSA) is 72.3 Å². The van der Waals surface area contributed by atoms with Gasteiger partial charge in [0.1, 0.15) is 11.9 Å². The van der Waals surface area contributed by atoms with Crippen LogP contribution < -0.4 is 5.73 Å². The Labute approximate surface area is 184 Å². The Morgan fingerprint density at radius 1 is 1.26 bits per heavy atom. The minimum Gasteiger partial charge on any atom is -0.326 e. The number of hydrogen-bond acceptors (Lipinski definition) is 6. The second kappa shape index (κ2) is 7.77. The summed E-state index contributed by atoms with van der Waals surface area (Å²) in [5, 5.41) is 6.81. The molecule has 2 N–H and O–H groups in total. The van der Waals surface area contributed by atoms with Gasteiger partial charge in [-0.1, -0.05) is 17.7 Å². The molecule has 2 aromatic heterocycles. The first-order chi connectivity index (χ1) is 14.9. The molecule has 0 unspecified atom stereocenters. The summed E-state index contributed by atoms with van der Waals surface area (Å²) in [7, 11) is 0. The van der Waals surface area contributed by atoms with Crippen molar-refractivity contribution in [2.75, 3.05) is 6.54 Å². The zero-order chi connectivity index (χ0) is 21.7. The number of nitrogens with zero attached hydrogens (tertiary/aromatic N) is 5. The van der Waals surface area contributed by atoms with Gasteiger partial charge in [0.2, 0.25) is 0 Å². The SMILES string of the molecule is N[C@H]1CC2=C(c3ccn(C(F)F)n3)[C@H](c3ccc(F)cc3Cl)N=C(c3nccs3)N2C1. The van der Waals surface area contributed by atoms with Gasteiger partial charge in [0, 0.05) is 58.6 Å². The number of nitrogens with two attached hydrogens (primary N) is 1. The molecule has 0 amide bonds. The molecule has 0 radical (unpaired) electrons. The van der Waals surface area contributed by atoms with Crippen LogP contribution in [0.1, 0.15) is 35.3 Å². The summed E-state index contributed by atoms with van der Waals surface area (Å²) in [6, 6.07) is 4.74. The molecule has 1 saturated heterocycles. The molecule has 5 rings (SSSR count). The lowest BCUT2D eigenvalue weighted by molar-refractivity contribution is 0.0564. The van der Waals surface area contributed by atoms with Crippen molar-refractivity contribution in [2.24, 2.45) is 10.7 Å². The molecule has 0 aliphatic carbocycles. The lowest BCUT2D eigenvalue weighted by atomic mass is 9.92. The number of alkyl halides is 2. The van der Waals surface area contributed by atoms with Crippen LogP contribution in [-0.4, -0.2) is 38.1 Å². The van der Waals surface area contributed by atoms with Crippen LogP contribution in [0.4, 0.5) is 13.2 Å². The molecule has 3 aromatic rings. The van der Waals surface area contributed by atoms with Gasteiger partial charge in [0.25, 0.3) is 0 Å². The van der Waals surface area contributed by atoms with Crippen molar-refractivity contribution in [3.8, 4) is 0 Å². The smallest absolute Gasteiger partial charge is 0.326 e. The number of rotatable bonds is 4. The molecule has 6 nitrogen and oxygen atoms in total. The second-order valence-electron chi connectivity index (χ2n) is 7.25. The van der Waals surface area contributed by atoms with Crippen molar-refractivity contribution in [3.63, 3.8) is 0 Å². The summed E-state index contributed by atoms with van der Waals surface area (Å²) in [4.78, 5) is 11.3. The van der Waals surface area contributed by atoms with Crippen LogP contribution >= 0.6 is 22.9 Å². The van der Waals surface area contributed by atoms with Crippen molar-refractivity contribution in [2.45, 2.75) is 25.1 Å². The highest BCUT2D eigenvalue weighted by Crippen LogP contribution is 2.45. The number of amidine groups is 1. The Kier molecular flexibility index (Phi) is 5.07. The third kappa shape index (κ3) is 3.54. The number of thiazole rings is 1. The fourth-order valence-electron chi connectivity index (χ4n) is 3.98. The number of aliphatic imine (C=N–C) groups is 1. The van der Waals surface area contributed by atoms with Gasteiger partial charge in [-0.3, -0.25) is 4.99 Å². The fraction of sp³-hybridized carbons (Fsp3) is 0.250. The van der Waals surface area contributed by atoms with Crippen LogP contribution in [0, 0.1) is 5.82 Å². The number of halogens is 4. The maximum absolute atomic E-state index is 13.7. The molecule has 2 aliphatic rings. The van der Waals surface area contributed by atoms with Gasteiger partial charge in [-0.2, -0.15) is 13.9 Å². The molecule has 2 aliphatic heterocycles. The lowest BCUT2D eigenvalue weighted by Crippen LogP contribution is -2.35. The number of fused-ring (bicyclic) bond motifs is 1. The van der Waals surface area contributed by atoms with Gasteiger partial charge in [-0.15, -0.1) is 11.3 Å². The highest BCUT2D eigenvalue weighted by atomic mass is 35.5. The Hall–Kier alpha value is -2.69. The standard InChI is InChI=1S/C20H16ClF3N6S/c21-13-7-10(22)1-2-12(13)17-16(14-3-5-30(28-14)20(23)24)15-8-11(25)9-29(15)18(27-17)19-26-4-6-31-19/h1-7,11,17,20H,8-9,25H2/t11-,17-/m0/s1. The lowest BCUT2D eigenvalue weighted by Gasteiger charge is -2.32. The van der Waals surface area contributed by atoms with Crippen molar-refractivity contribution in [1.29, 1.82) is 0 Å². The zero-order valence-electron chi connectivity index (χ0n) is 15.9. The van der Waals surface area contributed by atoms with Crippen LogP contribution in [0.5, 0.6) is 0 Å². The molecule has 4 heterocycles. The fourth-order valence-corrected chi connectivity index (χ4v) is 4.89. The minimum absolute atomic E-state index is 0.171. The number of benzene rings is 1.